The molecule has 1 aromatic heterocycles. The summed E-state index contributed by atoms with van der Waals surface area (Å²) < 4.78 is 7.45. The van der Waals surface area contributed by atoms with Crippen LogP contribution in [0.4, 0.5) is 10.5 Å². The van der Waals surface area contributed by atoms with Gasteiger partial charge in [-0.15, -0.1) is 0 Å². The summed E-state index contributed by atoms with van der Waals surface area (Å²) in [7, 11) is 1.90. The highest BCUT2D eigenvalue weighted by Gasteiger charge is 2.32. The van der Waals surface area contributed by atoms with Gasteiger partial charge in [0.2, 0.25) is 0 Å². The molecule has 0 radical (unpaired) electrons. The van der Waals surface area contributed by atoms with E-state index < -0.39 is 0 Å². The van der Waals surface area contributed by atoms with Gasteiger partial charge in [-0.05, 0) is 32.0 Å². The molecule has 0 bridgehead atoms. The van der Waals surface area contributed by atoms with E-state index in [9.17, 15) is 4.79 Å². The van der Waals surface area contributed by atoms with Crippen molar-refractivity contribution < 1.29 is 9.53 Å². The van der Waals surface area contributed by atoms with Gasteiger partial charge < -0.3 is 15.0 Å². The van der Waals surface area contributed by atoms with E-state index in [-0.39, 0.29) is 12.1 Å². The van der Waals surface area contributed by atoms with Crippen molar-refractivity contribution in [2.75, 3.05) is 25.1 Å². The Bertz CT molecular complexity index is 836. The molecular formula is C18H21N5O2. The van der Waals surface area contributed by atoms with E-state index in [0.717, 1.165) is 17.0 Å². The summed E-state index contributed by atoms with van der Waals surface area (Å²) in [6.45, 7) is 5.39. The molecule has 1 unspecified atom stereocenters. The number of rotatable bonds is 2. The maximum absolute atomic E-state index is 12.8. The average Bonchev–Trinajstić information content (AvgIpc) is 2.87. The van der Waals surface area contributed by atoms with Gasteiger partial charge in [-0.2, -0.15) is 10.4 Å². The molecule has 7 nitrogen and oxygen atoms in total. The van der Waals surface area contributed by atoms with Crippen LogP contribution in [0.25, 0.3) is 0 Å². The number of nitrogens with one attached hydrogen (secondary N) is 1. The van der Waals surface area contributed by atoms with Gasteiger partial charge in [-0.1, -0.05) is 6.07 Å². The summed E-state index contributed by atoms with van der Waals surface area (Å²) in [6, 6.07) is 8.58. The third-order valence-corrected chi connectivity index (χ3v) is 4.53. The number of anilines is 1. The van der Waals surface area contributed by atoms with Crippen LogP contribution < -0.4 is 5.32 Å². The second kappa shape index (κ2) is 6.95. The van der Waals surface area contributed by atoms with Gasteiger partial charge in [-0.3, -0.25) is 4.68 Å². The lowest BCUT2D eigenvalue weighted by Crippen LogP contribution is -2.45. The van der Waals surface area contributed by atoms with E-state index in [1.54, 1.807) is 29.2 Å². The van der Waals surface area contributed by atoms with Gasteiger partial charge in [0.25, 0.3) is 0 Å². The minimum Gasteiger partial charge on any atom is -0.377 e. The molecule has 7 heteroatoms. The zero-order valence-electron chi connectivity index (χ0n) is 14.6. The third-order valence-electron chi connectivity index (χ3n) is 4.53. The first-order valence-corrected chi connectivity index (χ1v) is 8.17. The van der Waals surface area contributed by atoms with E-state index in [4.69, 9.17) is 10.00 Å². The highest BCUT2D eigenvalue weighted by Crippen LogP contribution is 2.29. The van der Waals surface area contributed by atoms with Crippen LogP contribution in [0, 0.1) is 25.2 Å². The van der Waals surface area contributed by atoms with Gasteiger partial charge in [0.05, 0.1) is 36.6 Å². The molecule has 0 aliphatic carbocycles. The molecule has 1 atom stereocenters. The second-order valence-electron chi connectivity index (χ2n) is 6.11. The van der Waals surface area contributed by atoms with Crippen LogP contribution in [-0.2, 0) is 11.8 Å². The number of nitrogens with zero attached hydrogens (tertiary/aromatic N) is 4. The first-order chi connectivity index (χ1) is 12.0. The number of carbonyl (C=O) groups excluding carboxylic acids is 1. The Labute approximate surface area is 146 Å². The van der Waals surface area contributed by atoms with Crippen molar-refractivity contribution in [3.05, 3.63) is 46.8 Å². The Balaban J connectivity index is 1.85. The van der Waals surface area contributed by atoms with E-state index in [0.29, 0.717) is 31.0 Å². The largest absolute Gasteiger partial charge is 0.377 e. The highest BCUT2D eigenvalue weighted by atomic mass is 16.5. The minimum absolute atomic E-state index is 0.179. The van der Waals surface area contributed by atoms with Gasteiger partial charge in [-0.25, -0.2) is 4.79 Å². The van der Waals surface area contributed by atoms with Crippen LogP contribution >= 0.6 is 0 Å². The monoisotopic (exact) mass is 339 g/mol. The third kappa shape index (κ3) is 3.35. The highest BCUT2D eigenvalue weighted by molar-refractivity contribution is 5.90. The quantitative estimate of drug-likeness (QED) is 0.911. The summed E-state index contributed by atoms with van der Waals surface area (Å²) in [5, 5.41) is 16.3. The van der Waals surface area contributed by atoms with Gasteiger partial charge in [0.1, 0.15) is 0 Å². The Morgan fingerprint density at radius 1 is 1.44 bits per heavy atom. The van der Waals surface area contributed by atoms with Crippen molar-refractivity contribution in [1.29, 1.82) is 5.26 Å². The molecule has 3 rings (SSSR count). The number of ether oxygens (including phenoxy) is 1. The molecule has 1 aromatic carbocycles. The zero-order valence-corrected chi connectivity index (χ0v) is 14.6. The minimum atomic E-state index is -0.203. The number of nitriles is 1. The number of hydrogen-bond donors (Lipinski definition) is 1. The zero-order chi connectivity index (χ0) is 18.0. The molecule has 1 N–H and O–H groups in total. The van der Waals surface area contributed by atoms with Crippen LogP contribution in [0.3, 0.4) is 0 Å². The lowest BCUT2D eigenvalue weighted by atomic mass is 10.0. The van der Waals surface area contributed by atoms with Gasteiger partial charge in [0.15, 0.2) is 0 Å². The Kier molecular flexibility index (Phi) is 4.72. The van der Waals surface area contributed by atoms with Crippen molar-refractivity contribution in [2.45, 2.75) is 19.9 Å². The molecule has 1 aliphatic rings. The maximum atomic E-state index is 12.8. The number of benzene rings is 1. The Morgan fingerprint density at radius 3 is 2.92 bits per heavy atom. The van der Waals surface area contributed by atoms with E-state index in [1.807, 2.05) is 25.6 Å². The molecule has 2 heterocycles. The first-order valence-electron chi connectivity index (χ1n) is 8.17. The van der Waals surface area contributed by atoms with Crippen molar-refractivity contribution in [3.8, 4) is 6.07 Å². The average molecular weight is 339 g/mol. The fraction of sp³-hybridized carbons (Fsp3) is 0.389. The fourth-order valence-electron chi connectivity index (χ4n) is 3.22. The molecule has 1 aliphatic heterocycles. The van der Waals surface area contributed by atoms with Crippen molar-refractivity contribution in [2.24, 2.45) is 7.05 Å². The maximum Gasteiger partial charge on any atom is 0.322 e. The summed E-state index contributed by atoms with van der Waals surface area (Å²) in [4.78, 5) is 14.6. The van der Waals surface area contributed by atoms with Crippen molar-refractivity contribution in [1.82, 2.24) is 14.7 Å². The Hall–Kier alpha value is -2.85. The summed E-state index contributed by atoms with van der Waals surface area (Å²) >= 11 is 0. The first kappa shape index (κ1) is 17.0. The van der Waals surface area contributed by atoms with Crippen LogP contribution in [-0.4, -0.2) is 40.5 Å². The van der Waals surface area contributed by atoms with Crippen LogP contribution in [0.5, 0.6) is 0 Å². The molecule has 0 saturated carbocycles. The number of aromatic nitrogens is 2. The molecule has 130 valence electrons. The number of amides is 2. The predicted molar refractivity (Wildman–Crippen MR) is 93.1 cm³/mol. The van der Waals surface area contributed by atoms with Crippen LogP contribution in [0.1, 0.15) is 28.6 Å². The topological polar surface area (TPSA) is 83.2 Å². The number of carbonyl (C=O) groups is 1. The second-order valence-corrected chi connectivity index (χ2v) is 6.11. The normalized spacial score (nSPS) is 17.2. The molecule has 2 amide bonds. The smallest absolute Gasteiger partial charge is 0.322 e. The number of hydrogen-bond acceptors (Lipinski definition) is 4. The van der Waals surface area contributed by atoms with E-state index >= 15 is 0 Å². The molecule has 0 spiro atoms. The predicted octanol–water partition coefficient (Wildman–Crippen LogP) is 2.51. The fourth-order valence-corrected chi connectivity index (χ4v) is 3.22. The van der Waals surface area contributed by atoms with E-state index in [1.165, 1.54) is 0 Å². The lowest BCUT2D eigenvalue weighted by molar-refractivity contribution is 0.0143. The number of aryl methyl sites for hydroxylation is 2. The summed E-state index contributed by atoms with van der Waals surface area (Å²) in [6.07, 6.45) is 0. The van der Waals surface area contributed by atoms with Crippen molar-refractivity contribution >= 4 is 11.7 Å². The Morgan fingerprint density at radius 2 is 2.24 bits per heavy atom. The standard InChI is InChI=1S/C18H21N5O2/c1-12-17(13(2)22(3)21-12)16-11-25-8-7-23(16)18(24)20-15-6-4-5-14(9-15)10-19/h4-6,9,16H,7-8,11H2,1-3H3,(H,20,24). The van der Waals surface area contributed by atoms with Crippen LogP contribution in [0.15, 0.2) is 24.3 Å². The molecule has 1 saturated heterocycles. The number of urea groups is 1. The SMILES string of the molecule is Cc1nn(C)c(C)c1C1COCCN1C(=O)Nc1cccc(C#N)c1. The van der Waals surface area contributed by atoms with E-state index in [2.05, 4.69) is 16.5 Å². The van der Waals surface area contributed by atoms with Gasteiger partial charge in [0, 0.05) is 30.5 Å². The summed E-state index contributed by atoms with van der Waals surface area (Å²) in [5.74, 6) is 0. The van der Waals surface area contributed by atoms with Crippen molar-refractivity contribution in [3.63, 3.8) is 0 Å². The molecule has 2 aromatic rings. The molecule has 25 heavy (non-hydrogen) atoms. The molecule has 1 fully saturated rings. The van der Waals surface area contributed by atoms with Crippen LogP contribution in [0.2, 0.25) is 0 Å². The molecular weight excluding hydrogens is 318 g/mol. The van der Waals surface area contributed by atoms with Gasteiger partial charge >= 0.3 is 6.03 Å². The summed E-state index contributed by atoms with van der Waals surface area (Å²) in [5.41, 5.74) is 4.07. The lowest BCUT2D eigenvalue weighted by Gasteiger charge is -2.36. The number of morpholine rings is 1.